The molecule has 3 aliphatic rings. The number of aliphatic hydroxyl groups is 5. The van der Waals surface area contributed by atoms with Crippen molar-refractivity contribution in [1.82, 2.24) is 10.6 Å². The molecule has 7 N–H and O–H groups in total. The molecule has 4 unspecified atom stereocenters. The Morgan fingerprint density at radius 2 is 1.63 bits per heavy atom. The molecular weight excluding hydrogens is 380 g/mol. The molecule has 27 heavy (non-hydrogen) atoms. The summed E-state index contributed by atoms with van der Waals surface area (Å²) in [6.45, 7) is 0. The summed E-state index contributed by atoms with van der Waals surface area (Å²) in [6, 6.07) is 0.120. The van der Waals surface area contributed by atoms with Crippen LogP contribution in [-0.4, -0.2) is 97.2 Å². The lowest BCUT2D eigenvalue weighted by Crippen LogP contribution is -2.64. The van der Waals surface area contributed by atoms with Crippen LogP contribution in [0.2, 0.25) is 0 Å². The Morgan fingerprint density at radius 1 is 1.00 bits per heavy atom. The van der Waals surface area contributed by atoms with Crippen LogP contribution in [0.1, 0.15) is 25.7 Å². The number of hydrogen-bond acceptors (Lipinski definition) is 9. The van der Waals surface area contributed by atoms with E-state index in [4.69, 9.17) is 4.74 Å². The second kappa shape index (κ2) is 8.50. The Balaban J connectivity index is 1.39. The summed E-state index contributed by atoms with van der Waals surface area (Å²) in [5, 5.41) is 54.6. The molecule has 2 amide bonds. The fourth-order valence-corrected chi connectivity index (χ4v) is 5.35. The first kappa shape index (κ1) is 20.6. The monoisotopic (exact) mass is 406 g/mol. The predicted molar refractivity (Wildman–Crippen MR) is 93.9 cm³/mol. The maximum Gasteiger partial charge on any atom is 0.315 e. The van der Waals surface area contributed by atoms with E-state index in [1.54, 1.807) is 11.8 Å². The molecule has 10 nitrogen and oxygen atoms in total. The van der Waals surface area contributed by atoms with Gasteiger partial charge in [0.15, 0.2) is 6.10 Å². The van der Waals surface area contributed by atoms with Gasteiger partial charge in [0.1, 0.15) is 30.5 Å². The van der Waals surface area contributed by atoms with Crippen molar-refractivity contribution in [2.75, 3.05) is 5.75 Å². The molecule has 0 spiro atoms. The zero-order valence-corrected chi connectivity index (χ0v) is 15.4. The third kappa shape index (κ3) is 4.33. The van der Waals surface area contributed by atoms with Gasteiger partial charge in [0.05, 0.1) is 12.1 Å². The van der Waals surface area contributed by atoms with Crippen LogP contribution >= 0.6 is 11.8 Å². The minimum absolute atomic E-state index is 0.0563. The van der Waals surface area contributed by atoms with Crippen molar-refractivity contribution < 1.29 is 39.9 Å². The van der Waals surface area contributed by atoms with Gasteiger partial charge in [0.2, 0.25) is 0 Å². The summed E-state index contributed by atoms with van der Waals surface area (Å²) in [5.74, 6) is 0.200. The highest BCUT2D eigenvalue weighted by molar-refractivity contribution is 8.00. The van der Waals surface area contributed by atoms with Crippen molar-refractivity contribution in [3.05, 3.63) is 0 Å². The number of carbonyl (C=O) groups is 2. The van der Waals surface area contributed by atoms with Crippen LogP contribution in [0, 0.1) is 0 Å². The Hall–Kier alpha value is -1.11. The molecule has 0 aromatic heterocycles. The number of aliphatic hydroxyl groups excluding tert-OH is 5. The summed E-state index contributed by atoms with van der Waals surface area (Å²) in [6.07, 6.45) is -7.87. The summed E-state index contributed by atoms with van der Waals surface area (Å²) in [5.41, 5.74) is 0. The first-order valence-electron chi connectivity index (χ1n) is 9.08. The van der Waals surface area contributed by atoms with Crippen LogP contribution in [-0.2, 0) is 9.53 Å². The number of amides is 2. The zero-order chi connectivity index (χ0) is 19.7. The third-order valence-corrected chi connectivity index (χ3v) is 6.91. The molecule has 1 aliphatic carbocycles. The van der Waals surface area contributed by atoms with Gasteiger partial charge < -0.3 is 40.9 Å². The van der Waals surface area contributed by atoms with Crippen molar-refractivity contribution >= 4 is 23.8 Å². The smallest absolute Gasteiger partial charge is 0.315 e. The Kier molecular flexibility index (Phi) is 6.49. The minimum Gasteiger partial charge on any atom is -0.457 e. The molecule has 0 aromatic rings. The second-order valence-electron chi connectivity index (χ2n) is 7.28. The van der Waals surface area contributed by atoms with Crippen LogP contribution in [0.3, 0.4) is 0 Å². The van der Waals surface area contributed by atoms with Crippen molar-refractivity contribution in [2.45, 2.75) is 79.6 Å². The highest BCUT2D eigenvalue weighted by Crippen LogP contribution is 2.33. The number of urea groups is 1. The number of carbonyl (C=O) groups excluding carboxylic acids is 2. The van der Waals surface area contributed by atoms with E-state index < -0.39 is 42.6 Å². The lowest BCUT2D eigenvalue weighted by Gasteiger charge is -2.41. The molecule has 11 heteroatoms. The number of rotatable bonds is 6. The van der Waals surface area contributed by atoms with Gasteiger partial charge in [-0.05, 0) is 12.8 Å². The molecule has 3 fully saturated rings. The molecular formula is C16H26N2O8S. The van der Waals surface area contributed by atoms with E-state index in [9.17, 15) is 35.1 Å². The van der Waals surface area contributed by atoms with Gasteiger partial charge in [0.25, 0.3) is 0 Å². The summed E-state index contributed by atoms with van der Waals surface area (Å²) in [4.78, 5) is 23.3. The normalized spacial score (nSPS) is 43.7. The number of unbranched alkanes of at least 4 members (excludes halogenated alkanes) is 1. The van der Waals surface area contributed by atoms with Gasteiger partial charge in [-0.3, -0.25) is 4.79 Å². The van der Waals surface area contributed by atoms with Gasteiger partial charge >= 0.3 is 12.0 Å². The molecule has 2 aliphatic heterocycles. The average molecular weight is 406 g/mol. The molecule has 2 heterocycles. The Morgan fingerprint density at radius 3 is 2.30 bits per heavy atom. The third-order valence-electron chi connectivity index (χ3n) is 5.40. The number of nitrogens with one attached hydrogen (secondary N) is 2. The highest BCUT2D eigenvalue weighted by atomic mass is 32.2. The van der Waals surface area contributed by atoms with Crippen LogP contribution in [0.15, 0.2) is 0 Å². The lowest BCUT2D eigenvalue weighted by atomic mass is 9.85. The number of thioether (sulfide) groups is 1. The molecule has 0 radical (unpaired) electrons. The average Bonchev–Trinajstić information content (AvgIpc) is 3.18. The largest absolute Gasteiger partial charge is 0.457 e. The summed E-state index contributed by atoms with van der Waals surface area (Å²) < 4.78 is 5.02. The van der Waals surface area contributed by atoms with Crippen LogP contribution in [0.4, 0.5) is 4.79 Å². The van der Waals surface area contributed by atoms with Crippen LogP contribution in [0.5, 0.6) is 0 Å². The number of ether oxygens (including phenoxy) is 1. The minimum atomic E-state index is -1.72. The Labute approximate surface area is 160 Å². The van der Waals surface area contributed by atoms with E-state index in [-0.39, 0.29) is 24.5 Å². The molecule has 2 saturated heterocycles. The molecule has 7 atom stereocenters. The predicted octanol–water partition coefficient (Wildman–Crippen LogP) is -2.56. The standard InChI is InChI=1S/C16H26N2O8S/c19-8(26-15-13(23)11(21)10(20)12(22)14(15)24)4-2-1-3-7-9-6(5-27-7)17-16(25)18-9/h6-7,9-15,20-24H,1-5H2,(H2,17,18,25)/t6-,7-,9-,10?,11?,12?,13?,14?,15?/m0/s1. The summed E-state index contributed by atoms with van der Waals surface area (Å²) in [7, 11) is 0. The first-order valence-corrected chi connectivity index (χ1v) is 10.1. The van der Waals surface area contributed by atoms with Crippen molar-refractivity contribution in [3.63, 3.8) is 0 Å². The molecule has 154 valence electrons. The highest BCUT2D eigenvalue weighted by Gasteiger charge is 2.50. The summed E-state index contributed by atoms with van der Waals surface area (Å²) >= 11 is 1.79. The van der Waals surface area contributed by atoms with Crippen molar-refractivity contribution in [1.29, 1.82) is 0 Å². The molecule has 0 aromatic carbocycles. The lowest BCUT2D eigenvalue weighted by molar-refractivity contribution is -0.233. The maximum absolute atomic E-state index is 12.0. The zero-order valence-electron chi connectivity index (χ0n) is 14.6. The van der Waals surface area contributed by atoms with E-state index in [2.05, 4.69) is 10.6 Å². The van der Waals surface area contributed by atoms with E-state index >= 15 is 0 Å². The van der Waals surface area contributed by atoms with Crippen molar-refractivity contribution in [2.24, 2.45) is 0 Å². The fourth-order valence-electron chi connectivity index (χ4n) is 3.80. The van der Waals surface area contributed by atoms with Crippen molar-refractivity contribution in [3.8, 4) is 0 Å². The molecule has 1 saturated carbocycles. The van der Waals surface area contributed by atoms with Gasteiger partial charge in [-0.2, -0.15) is 11.8 Å². The fraction of sp³-hybridized carbons (Fsp3) is 0.875. The molecule has 3 rings (SSSR count). The SMILES string of the molecule is O=C1N[C@H]2[C@H](CS[C@H]2CCCCC(=O)OC2C(O)C(O)C(O)C(O)C2O)N1. The first-order chi connectivity index (χ1) is 12.8. The molecule has 0 bridgehead atoms. The van der Waals surface area contributed by atoms with Gasteiger partial charge in [-0.25, -0.2) is 4.79 Å². The Bertz CT molecular complexity index is 551. The van der Waals surface area contributed by atoms with Crippen LogP contribution in [0.25, 0.3) is 0 Å². The van der Waals surface area contributed by atoms with E-state index in [0.29, 0.717) is 11.7 Å². The topological polar surface area (TPSA) is 169 Å². The number of fused-ring (bicyclic) bond motifs is 1. The maximum atomic E-state index is 12.0. The van der Waals surface area contributed by atoms with Crippen LogP contribution < -0.4 is 10.6 Å². The van der Waals surface area contributed by atoms with Gasteiger partial charge in [-0.15, -0.1) is 0 Å². The number of hydrogen-bond donors (Lipinski definition) is 7. The quantitative estimate of drug-likeness (QED) is 0.143. The van der Waals surface area contributed by atoms with E-state index in [1.165, 1.54) is 0 Å². The second-order valence-corrected chi connectivity index (χ2v) is 8.55. The number of esters is 1. The van der Waals surface area contributed by atoms with Gasteiger partial charge in [0, 0.05) is 17.4 Å². The van der Waals surface area contributed by atoms with E-state index in [1.807, 2.05) is 0 Å². The van der Waals surface area contributed by atoms with Gasteiger partial charge in [-0.1, -0.05) is 6.42 Å². The van der Waals surface area contributed by atoms with E-state index in [0.717, 1.165) is 18.6 Å².